The van der Waals surface area contributed by atoms with Crippen molar-refractivity contribution in [2.24, 2.45) is 11.8 Å². The molecule has 19 heavy (non-hydrogen) atoms. The van der Waals surface area contributed by atoms with Gasteiger partial charge in [-0.05, 0) is 11.8 Å². The van der Waals surface area contributed by atoms with Gasteiger partial charge in [-0.2, -0.15) is 0 Å². The molecule has 0 aromatic heterocycles. The fourth-order valence-corrected chi connectivity index (χ4v) is 10.8. The molecule has 6 heteroatoms. The molecule has 0 aliphatic rings. The van der Waals surface area contributed by atoms with E-state index in [0.717, 1.165) is 0 Å². The van der Waals surface area contributed by atoms with Gasteiger partial charge in [-0.1, -0.05) is 55.4 Å². The lowest BCUT2D eigenvalue weighted by Gasteiger charge is -2.49. The maximum absolute atomic E-state index is 13.0. The Balaban J connectivity index is 6.50. The molecule has 0 aliphatic carbocycles. The van der Waals surface area contributed by atoms with Crippen molar-refractivity contribution in [3.8, 4) is 0 Å². The van der Waals surface area contributed by atoms with Crippen LogP contribution in [0.4, 0.5) is 0 Å². The van der Waals surface area contributed by atoms with Gasteiger partial charge >= 0.3 is 0 Å². The Bertz CT molecular complexity index is 361. The first-order valence-corrected chi connectivity index (χ1v) is 10.4. The predicted molar refractivity (Wildman–Crippen MR) is 82.3 cm³/mol. The molecule has 0 spiro atoms. The first-order chi connectivity index (χ1) is 8.27. The maximum Gasteiger partial charge on any atom is 0.219 e. The summed E-state index contributed by atoms with van der Waals surface area (Å²) >= 11 is 0. The van der Waals surface area contributed by atoms with Gasteiger partial charge in [0.05, 0.1) is 0 Å². The molecule has 116 valence electrons. The lowest BCUT2D eigenvalue weighted by atomic mass is 9.99. The molecule has 0 bridgehead atoms. The largest absolute Gasteiger partial charge is 0.343 e. The van der Waals surface area contributed by atoms with E-state index in [9.17, 15) is 18.9 Å². The second kappa shape index (κ2) is 6.02. The van der Waals surface area contributed by atoms with E-state index in [1.807, 2.05) is 0 Å². The van der Waals surface area contributed by atoms with Crippen LogP contribution in [0.25, 0.3) is 0 Å². The molecule has 4 nitrogen and oxygen atoms in total. The van der Waals surface area contributed by atoms with Gasteiger partial charge < -0.3 is 9.79 Å². The Labute approximate surface area is 117 Å². The summed E-state index contributed by atoms with van der Waals surface area (Å²) in [6.45, 7) is 13.7. The molecule has 0 aliphatic heterocycles. The van der Waals surface area contributed by atoms with Crippen molar-refractivity contribution in [1.29, 1.82) is 0 Å². The Morgan fingerprint density at radius 2 is 0.895 bits per heavy atom. The van der Waals surface area contributed by atoms with Gasteiger partial charge in [0.15, 0.2) is 0 Å². The van der Waals surface area contributed by atoms with Crippen LogP contribution in [0.3, 0.4) is 0 Å². The molecule has 0 fully saturated rings. The first-order valence-electron chi connectivity index (χ1n) is 6.92. The summed E-state index contributed by atoms with van der Waals surface area (Å²) < 4.78 is 26.0. The van der Waals surface area contributed by atoms with Crippen LogP contribution < -0.4 is 0 Å². The number of hydrogen-bond donors (Lipinski definition) is 2. The lowest BCUT2D eigenvalue weighted by molar-refractivity contribution is 0.316. The number of hydrogen-bond acceptors (Lipinski definition) is 2. The molecule has 2 atom stereocenters. The highest BCUT2D eigenvalue weighted by Crippen LogP contribution is 2.80. The first kappa shape index (κ1) is 19.4. The highest BCUT2D eigenvalue weighted by Gasteiger charge is 2.64. The second-order valence-electron chi connectivity index (χ2n) is 6.53. The highest BCUT2D eigenvalue weighted by molar-refractivity contribution is 7.78. The van der Waals surface area contributed by atoms with E-state index < -0.39 is 31.0 Å². The van der Waals surface area contributed by atoms with Crippen LogP contribution >= 0.6 is 14.7 Å². The van der Waals surface area contributed by atoms with E-state index in [0.29, 0.717) is 0 Å². The SMILES string of the molecule is CC(C)C(C(C)C)(P(=O)(O)C(C)C)P(=O)(O)C(C)C. The van der Waals surface area contributed by atoms with Crippen molar-refractivity contribution in [3.63, 3.8) is 0 Å². The van der Waals surface area contributed by atoms with Crippen LogP contribution in [0, 0.1) is 11.8 Å². The second-order valence-corrected chi connectivity index (χ2v) is 12.9. The van der Waals surface area contributed by atoms with Crippen molar-refractivity contribution in [2.75, 3.05) is 0 Å². The molecule has 0 aromatic carbocycles. The van der Waals surface area contributed by atoms with Crippen molar-refractivity contribution in [2.45, 2.75) is 71.6 Å². The Morgan fingerprint density at radius 3 is 1.00 bits per heavy atom. The minimum atomic E-state index is -3.81. The van der Waals surface area contributed by atoms with Gasteiger partial charge in [0.25, 0.3) is 0 Å². The summed E-state index contributed by atoms with van der Waals surface area (Å²) in [7, 11) is -7.61. The average Bonchev–Trinajstić information content (AvgIpc) is 2.14. The van der Waals surface area contributed by atoms with E-state index in [2.05, 4.69) is 0 Å². The van der Waals surface area contributed by atoms with E-state index in [4.69, 9.17) is 0 Å². The minimum Gasteiger partial charge on any atom is -0.343 e. The fraction of sp³-hybridized carbons (Fsp3) is 1.00. The average molecular weight is 312 g/mol. The molecule has 2 N–H and O–H groups in total. The molecule has 0 amide bonds. The topological polar surface area (TPSA) is 74.6 Å². The van der Waals surface area contributed by atoms with Crippen LogP contribution in [0.5, 0.6) is 0 Å². The Kier molecular flexibility index (Phi) is 6.14. The molecule has 0 saturated carbocycles. The Hall–Kier alpha value is 0.380. The molecule has 0 aromatic rings. The minimum absolute atomic E-state index is 0.344. The van der Waals surface area contributed by atoms with Crippen LogP contribution in [0.15, 0.2) is 0 Å². The zero-order valence-electron chi connectivity index (χ0n) is 13.4. The van der Waals surface area contributed by atoms with E-state index >= 15 is 0 Å². The summed E-state index contributed by atoms with van der Waals surface area (Å²) in [5.41, 5.74) is -1.06. The molecular formula is C13H30O4P2. The zero-order valence-corrected chi connectivity index (χ0v) is 15.2. The summed E-state index contributed by atoms with van der Waals surface area (Å²) in [6, 6.07) is 0. The van der Waals surface area contributed by atoms with E-state index in [1.165, 1.54) is 0 Å². The maximum atomic E-state index is 13.0. The summed E-state index contributed by atoms with van der Waals surface area (Å²) in [4.78, 5) is 19.9. The third kappa shape index (κ3) is 2.75. The summed E-state index contributed by atoms with van der Waals surface area (Å²) in [5, 5.41) is 0. The van der Waals surface area contributed by atoms with Gasteiger partial charge in [-0.15, -0.1) is 0 Å². The van der Waals surface area contributed by atoms with Crippen molar-refractivity contribution >= 4 is 14.7 Å². The quantitative estimate of drug-likeness (QED) is 0.715. The molecule has 0 saturated heterocycles. The van der Waals surface area contributed by atoms with Gasteiger partial charge in [-0.3, -0.25) is 9.13 Å². The standard InChI is InChI=1S/C13H30O4P2/c1-9(2)13(10(3)4,18(14,15)11(5)6)19(16,17)12(7)8/h9-12H,1-8H3,(H,14,15)(H,16,17). The Morgan fingerprint density at radius 1 is 0.684 bits per heavy atom. The third-order valence-electron chi connectivity index (χ3n) is 4.13. The lowest BCUT2D eigenvalue weighted by Crippen LogP contribution is -2.44. The van der Waals surface area contributed by atoms with Gasteiger partial charge in [-0.25, -0.2) is 0 Å². The van der Waals surface area contributed by atoms with Crippen molar-refractivity contribution < 1.29 is 18.9 Å². The van der Waals surface area contributed by atoms with Gasteiger partial charge in [0, 0.05) is 11.3 Å². The molecular weight excluding hydrogens is 282 g/mol. The van der Waals surface area contributed by atoms with Crippen LogP contribution in [0.2, 0.25) is 0 Å². The van der Waals surface area contributed by atoms with Crippen LogP contribution in [-0.4, -0.2) is 26.0 Å². The molecule has 0 heterocycles. The van der Waals surface area contributed by atoms with Crippen LogP contribution in [0.1, 0.15) is 55.4 Å². The zero-order chi connectivity index (χ0) is 15.8. The summed E-state index contributed by atoms with van der Waals surface area (Å²) in [6.07, 6.45) is 0. The highest BCUT2D eigenvalue weighted by atomic mass is 31.2. The molecule has 0 rings (SSSR count). The molecule has 0 radical (unpaired) electrons. The van der Waals surface area contributed by atoms with Gasteiger partial charge in [0.1, 0.15) is 4.90 Å². The van der Waals surface area contributed by atoms with Crippen molar-refractivity contribution in [3.05, 3.63) is 0 Å². The monoisotopic (exact) mass is 312 g/mol. The third-order valence-corrected chi connectivity index (χ3v) is 12.8. The predicted octanol–water partition coefficient (Wildman–Crippen LogP) is 4.35. The van der Waals surface area contributed by atoms with Crippen LogP contribution in [-0.2, 0) is 9.13 Å². The summed E-state index contributed by atoms with van der Waals surface area (Å²) in [5.74, 6) is -0.687. The smallest absolute Gasteiger partial charge is 0.219 e. The van der Waals surface area contributed by atoms with Gasteiger partial charge in [0.2, 0.25) is 14.7 Å². The number of rotatable bonds is 6. The van der Waals surface area contributed by atoms with E-state index in [1.54, 1.807) is 55.4 Å². The fourth-order valence-electron chi connectivity index (χ4n) is 3.18. The van der Waals surface area contributed by atoms with Crippen molar-refractivity contribution in [1.82, 2.24) is 0 Å². The molecule has 2 unspecified atom stereocenters. The normalized spacial score (nSPS) is 20.1. The van der Waals surface area contributed by atoms with E-state index in [-0.39, 0.29) is 11.8 Å².